The van der Waals surface area contributed by atoms with Crippen LogP contribution in [0.5, 0.6) is 5.75 Å². The first-order valence-corrected chi connectivity index (χ1v) is 15.1. The first kappa shape index (κ1) is 32.8. The van der Waals surface area contributed by atoms with Gasteiger partial charge in [0, 0.05) is 31.6 Å². The number of hydrogen-bond donors (Lipinski definition) is 3. The zero-order chi connectivity index (χ0) is 30.8. The molecule has 0 spiro atoms. The Bertz CT molecular complexity index is 1350. The Balaban J connectivity index is 1.88. The molecule has 1 unspecified atom stereocenters. The quantitative estimate of drug-likeness (QED) is 0.310. The zero-order valence-corrected chi connectivity index (χ0v) is 24.0. The van der Waals surface area contributed by atoms with E-state index in [-0.39, 0.29) is 73.0 Å². The van der Waals surface area contributed by atoms with Gasteiger partial charge in [-0.3, -0.25) is 9.48 Å². The number of anilines is 1. The Morgan fingerprint density at radius 3 is 2.44 bits per heavy atom. The van der Waals surface area contributed by atoms with Crippen LogP contribution in [0, 0.1) is 0 Å². The van der Waals surface area contributed by atoms with E-state index in [1.165, 1.54) is 11.6 Å². The second-order valence-electron chi connectivity index (χ2n) is 9.85. The molecule has 10 nitrogen and oxygen atoms in total. The van der Waals surface area contributed by atoms with Gasteiger partial charge in [-0.1, -0.05) is 18.5 Å². The summed E-state index contributed by atoms with van der Waals surface area (Å²) >= 11 is 6.47. The largest absolute Gasteiger partial charge is 0.434 e. The van der Waals surface area contributed by atoms with Crippen LogP contribution in [-0.2, 0) is 16.4 Å². The second-order valence-corrected chi connectivity index (χ2v) is 12.6. The lowest BCUT2D eigenvalue weighted by atomic mass is 9.84. The molecule has 0 radical (unpaired) electrons. The molecule has 41 heavy (non-hydrogen) atoms. The Hall–Kier alpha value is -2.72. The number of alkyl halides is 5. The zero-order valence-electron chi connectivity index (χ0n) is 22.4. The Morgan fingerprint density at radius 1 is 1.29 bits per heavy atom. The number of carbonyl (C=O) groups excluding carboxylic acids is 1. The molecule has 0 aliphatic heterocycles. The molecule has 17 heteroatoms. The second kappa shape index (κ2) is 12.7. The fourth-order valence-corrected chi connectivity index (χ4v) is 6.03. The summed E-state index contributed by atoms with van der Waals surface area (Å²) in [7, 11) is -3.26. The molecule has 1 aliphatic rings. The number of nitrogens with one attached hydrogen (secondary N) is 2. The summed E-state index contributed by atoms with van der Waals surface area (Å²) in [5, 5.41) is 18.8. The number of rotatable bonds is 11. The van der Waals surface area contributed by atoms with Crippen molar-refractivity contribution < 1.29 is 45.0 Å². The monoisotopic (exact) mass is 631 g/mol. The van der Waals surface area contributed by atoms with Crippen molar-refractivity contribution in [2.24, 2.45) is 0 Å². The highest BCUT2D eigenvalue weighted by atomic mass is 35.5. The van der Waals surface area contributed by atoms with Gasteiger partial charge >= 0.3 is 12.8 Å². The summed E-state index contributed by atoms with van der Waals surface area (Å²) in [4.78, 5) is 16.9. The molecule has 0 aromatic carbocycles. The summed E-state index contributed by atoms with van der Waals surface area (Å²) in [5.41, 5.74) is -1.83. The maximum absolute atomic E-state index is 13.3. The average molecular weight is 632 g/mol. The standard InChI is InChI=1S/C24H31ClF5N5O5S/c1-4-16(24(28,29)30)33-17-10-15(40-22(26)27)14(11-31-17)20-18(25)19(34-35(20)5-2)21(36)32-12-23(37)8-6-13(7-9-23)41(3,38)39/h10-11,13,16,22,37H,4-9,12H2,1-3H3,(H,31,33)(H,32,36). The Morgan fingerprint density at radius 2 is 1.93 bits per heavy atom. The van der Waals surface area contributed by atoms with Crippen LogP contribution in [0.15, 0.2) is 12.3 Å². The summed E-state index contributed by atoms with van der Waals surface area (Å²) in [6, 6.07) is -1.11. The number of aliphatic hydroxyl groups is 1. The van der Waals surface area contributed by atoms with Gasteiger partial charge in [0.25, 0.3) is 5.91 Å². The number of nitrogens with zero attached hydrogens (tertiary/aromatic N) is 3. The van der Waals surface area contributed by atoms with Gasteiger partial charge in [0.15, 0.2) is 5.69 Å². The van der Waals surface area contributed by atoms with E-state index < -0.39 is 51.2 Å². The third-order valence-corrected chi connectivity index (χ3v) is 8.96. The topological polar surface area (TPSA) is 135 Å². The van der Waals surface area contributed by atoms with Crippen LogP contribution in [0.25, 0.3) is 11.3 Å². The van der Waals surface area contributed by atoms with Crippen molar-refractivity contribution in [2.45, 2.75) is 82.2 Å². The Labute approximate surface area is 238 Å². The molecule has 1 atom stereocenters. The molecule has 2 aromatic rings. The summed E-state index contributed by atoms with van der Waals surface area (Å²) in [6.45, 7) is -0.525. The highest BCUT2D eigenvalue weighted by molar-refractivity contribution is 7.91. The van der Waals surface area contributed by atoms with Gasteiger partial charge in [-0.05, 0) is 39.0 Å². The van der Waals surface area contributed by atoms with Gasteiger partial charge in [-0.2, -0.15) is 27.1 Å². The van der Waals surface area contributed by atoms with Crippen molar-refractivity contribution in [3.05, 3.63) is 23.0 Å². The van der Waals surface area contributed by atoms with E-state index in [1.807, 2.05) is 0 Å². The van der Waals surface area contributed by atoms with Gasteiger partial charge in [0.2, 0.25) is 0 Å². The molecular weight excluding hydrogens is 601 g/mol. The van der Waals surface area contributed by atoms with Crippen molar-refractivity contribution in [3.8, 4) is 17.0 Å². The van der Waals surface area contributed by atoms with E-state index in [1.54, 1.807) is 6.92 Å². The van der Waals surface area contributed by atoms with E-state index in [0.717, 1.165) is 18.5 Å². The molecule has 0 saturated heterocycles. The number of hydrogen-bond acceptors (Lipinski definition) is 8. The molecule has 2 aromatic heterocycles. The van der Waals surface area contributed by atoms with Crippen LogP contribution >= 0.6 is 11.6 Å². The van der Waals surface area contributed by atoms with Gasteiger partial charge in [-0.25, -0.2) is 13.4 Å². The molecule has 3 rings (SSSR count). The van der Waals surface area contributed by atoms with E-state index >= 15 is 0 Å². The van der Waals surface area contributed by atoms with Crippen LogP contribution < -0.4 is 15.4 Å². The van der Waals surface area contributed by atoms with Crippen molar-refractivity contribution in [2.75, 3.05) is 18.1 Å². The molecule has 1 fully saturated rings. The van der Waals surface area contributed by atoms with Crippen LogP contribution in [0.1, 0.15) is 56.4 Å². The number of pyridine rings is 1. The molecule has 230 valence electrons. The third kappa shape index (κ3) is 7.97. The van der Waals surface area contributed by atoms with Gasteiger partial charge in [0.05, 0.1) is 27.1 Å². The lowest BCUT2D eigenvalue weighted by molar-refractivity contribution is -0.142. The minimum Gasteiger partial charge on any atom is -0.434 e. The van der Waals surface area contributed by atoms with E-state index in [4.69, 9.17) is 11.6 Å². The number of aromatic nitrogens is 3. The molecular formula is C24H31ClF5N5O5S. The summed E-state index contributed by atoms with van der Waals surface area (Å²) in [5.74, 6) is -1.71. The molecule has 2 heterocycles. The predicted octanol–water partition coefficient (Wildman–Crippen LogP) is 4.42. The lowest BCUT2D eigenvalue weighted by Gasteiger charge is -2.35. The molecule has 1 amide bonds. The van der Waals surface area contributed by atoms with Crippen molar-refractivity contribution in [1.29, 1.82) is 0 Å². The van der Waals surface area contributed by atoms with Gasteiger partial charge in [-0.15, -0.1) is 0 Å². The van der Waals surface area contributed by atoms with Crippen molar-refractivity contribution >= 4 is 33.2 Å². The van der Waals surface area contributed by atoms with E-state index in [2.05, 4.69) is 25.5 Å². The number of ether oxygens (including phenoxy) is 1. The van der Waals surface area contributed by atoms with Crippen LogP contribution in [-0.4, -0.2) is 76.7 Å². The first-order chi connectivity index (χ1) is 19.0. The summed E-state index contributed by atoms with van der Waals surface area (Å²) in [6.07, 6.45) is -2.11. The third-order valence-electron chi connectivity index (χ3n) is 6.92. The maximum atomic E-state index is 13.3. The fourth-order valence-electron chi connectivity index (χ4n) is 4.61. The number of sulfone groups is 1. The average Bonchev–Trinajstić information content (AvgIpc) is 3.20. The Kier molecular flexibility index (Phi) is 10.1. The SMILES string of the molecule is CCC(Nc1cc(OC(F)F)c(-c2c(Cl)c(C(=O)NCC3(O)CCC(S(C)(=O)=O)CC3)nn2CC)cn1)C(F)(F)F. The molecule has 0 bridgehead atoms. The highest BCUT2D eigenvalue weighted by Gasteiger charge is 2.39. The normalized spacial score (nSPS) is 20.6. The number of amides is 1. The van der Waals surface area contributed by atoms with E-state index in [9.17, 15) is 40.3 Å². The van der Waals surface area contributed by atoms with Crippen LogP contribution in [0.3, 0.4) is 0 Å². The van der Waals surface area contributed by atoms with Gasteiger partial charge in [0.1, 0.15) is 27.4 Å². The smallest absolute Gasteiger partial charge is 0.408 e. The minimum absolute atomic E-state index is 0.0377. The predicted molar refractivity (Wildman–Crippen MR) is 141 cm³/mol. The first-order valence-electron chi connectivity index (χ1n) is 12.7. The number of halogens is 6. The highest BCUT2D eigenvalue weighted by Crippen LogP contribution is 2.39. The van der Waals surface area contributed by atoms with Crippen molar-refractivity contribution in [1.82, 2.24) is 20.1 Å². The minimum atomic E-state index is -4.62. The van der Waals surface area contributed by atoms with Crippen molar-refractivity contribution in [3.63, 3.8) is 0 Å². The van der Waals surface area contributed by atoms with Crippen LogP contribution in [0.4, 0.5) is 27.8 Å². The van der Waals surface area contributed by atoms with Gasteiger partial charge < -0.3 is 20.5 Å². The number of carbonyl (C=O) groups is 1. The van der Waals surface area contributed by atoms with Crippen LogP contribution in [0.2, 0.25) is 5.02 Å². The van der Waals surface area contributed by atoms with E-state index in [0.29, 0.717) is 0 Å². The fraction of sp³-hybridized carbons (Fsp3) is 0.625. The molecule has 1 aliphatic carbocycles. The summed E-state index contributed by atoms with van der Waals surface area (Å²) < 4.78 is 95.5. The molecule has 3 N–H and O–H groups in total. The maximum Gasteiger partial charge on any atom is 0.408 e. The lowest BCUT2D eigenvalue weighted by Crippen LogP contribution is -2.47. The molecule has 1 saturated carbocycles. The number of aryl methyl sites for hydroxylation is 1.